The van der Waals surface area contributed by atoms with Gasteiger partial charge in [0, 0.05) is 16.8 Å². The smallest absolute Gasteiger partial charge is 0.182 e. The molecule has 1 aliphatic rings. The van der Waals surface area contributed by atoms with Crippen LogP contribution >= 0.6 is 11.3 Å². The second kappa shape index (κ2) is 6.22. The van der Waals surface area contributed by atoms with Crippen LogP contribution in [0.15, 0.2) is 29.2 Å². The minimum Gasteiger partial charge on any atom is -0.387 e. The van der Waals surface area contributed by atoms with Crippen molar-refractivity contribution in [3.05, 3.63) is 45.2 Å². The maximum atomic E-state index is 11.5. The molecule has 0 bridgehead atoms. The van der Waals surface area contributed by atoms with E-state index in [9.17, 15) is 13.5 Å². The van der Waals surface area contributed by atoms with Gasteiger partial charge in [-0.25, -0.2) is 8.42 Å². The summed E-state index contributed by atoms with van der Waals surface area (Å²) < 4.78 is 24.9. The van der Waals surface area contributed by atoms with Crippen LogP contribution in [0.3, 0.4) is 0 Å². The number of aryl methyl sites for hydroxylation is 1. The van der Waals surface area contributed by atoms with E-state index in [2.05, 4.69) is 0 Å². The maximum absolute atomic E-state index is 11.5. The molecule has 0 radical (unpaired) electrons. The van der Waals surface area contributed by atoms with E-state index in [1.54, 1.807) is 12.1 Å². The van der Waals surface area contributed by atoms with Crippen molar-refractivity contribution in [3.8, 4) is 0 Å². The number of thiazole rings is 1. The molecule has 3 rings (SSSR count). The lowest BCUT2D eigenvalue weighted by molar-refractivity contribution is 0.153. The van der Waals surface area contributed by atoms with Gasteiger partial charge >= 0.3 is 0 Å². The number of aromatic nitrogens is 1. The van der Waals surface area contributed by atoms with Gasteiger partial charge in [0.05, 0.1) is 17.5 Å². The minimum atomic E-state index is -3.23. The zero-order valence-electron chi connectivity index (χ0n) is 12.9. The van der Waals surface area contributed by atoms with Crippen molar-refractivity contribution in [2.24, 2.45) is 0 Å². The Morgan fingerprint density at radius 2 is 1.91 bits per heavy atom. The Kier molecular flexibility index (Phi) is 4.44. The van der Waals surface area contributed by atoms with Gasteiger partial charge in [-0.1, -0.05) is 12.1 Å². The first-order valence-corrected chi connectivity index (χ1v) is 10.3. The van der Waals surface area contributed by atoms with Crippen molar-refractivity contribution in [1.82, 2.24) is 4.57 Å². The van der Waals surface area contributed by atoms with E-state index in [1.807, 2.05) is 4.57 Å². The van der Waals surface area contributed by atoms with Crippen LogP contribution in [0, 0.1) is 5.41 Å². The van der Waals surface area contributed by atoms with E-state index in [0.717, 1.165) is 25.5 Å². The number of aliphatic hydroxyl groups excluding tert-OH is 1. The maximum Gasteiger partial charge on any atom is 0.182 e. The molecule has 0 aliphatic heterocycles. The Labute approximate surface area is 139 Å². The molecule has 5 nitrogen and oxygen atoms in total. The fraction of sp³-hybridized carbons (Fsp3) is 0.438. The minimum absolute atomic E-state index is 0.246. The normalized spacial score (nSPS) is 16.1. The first-order chi connectivity index (χ1) is 10.9. The van der Waals surface area contributed by atoms with Gasteiger partial charge in [0.1, 0.15) is 0 Å². The highest BCUT2D eigenvalue weighted by atomic mass is 32.2. The fourth-order valence-corrected chi connectivity index (χ4v) is 4.70. The van der Waals surface area contributed by atoms with E-state index in [0.29, 0.717) is 16.9 Å². The summed E-state index contributed by atoms with van der Waals surface area (Å²) >= 11 is 1.50. The van der Waals surface area contributed by atoms with Gasteiger partial charge in [-0.3, -0.25) is 5.41 Å². The average molecular weight is 352 g/mol. The van der Waals surface area contributed by atoms with Crippen LogP contribution in [0.1, 0.15) is 35.1 Å². The van der Waals surface area contributed by atoms with Gasteiger partial charge in [-0.2, -0.15) is 0 Å². The van der Waals surface area contributed by atoms with Crippen LogP contribution in [0.25, 0.3) is 0 Å². The molecule has 1 aromatic carbocycles. The molecule has 124 valence electrons. The second-order valence-electron chi connectivity index (χ2n) is 5.95. The predicted molar refractivity (Wildman–Crippen MR) is 89.3 cm³/mol. The Morgan fingerprint density at radius 3 is 2.57 bits per heavy atom. The molecule has 1 aliphatic carbocycles. The first-order valence-electron chi connectivity index (χ1n) is 7.60. The van der Waals surface area contributed by atoms with Gasteiger partial charge < -0.3 is 9.67 Å². The van der Waals surface area contributed by atoms with E-state index in [-0.39, 0.29) is 4.90 Å². The van der Waals surface area contributed by atoms with Gasteiger partial charge in [-0.05, 0) is 43.4 Å². The standard InChI is InChI=1S/C16H20N2O3S2/c1-23(20,21)12-8-6-11(7-9-12)14(19)10-18-13-4-2-3-5-15(13)22-16(18)17/h6-9,14,17,19H,2-5,10H2,1H3. The van der Waals surface area contributed by atoms with E-state index >= 15 is 0 Å². The van der Waals surface area contributed by atoms with Crippen LogP contribution in [-0.4, -0.2) is 24.3 Å². The molecule has 1 unspecified atom stereocenters. The number of sulfone groups is 1. The third-order valence-corrected chi connectivity index (χ3v) is 6.46. The van der Waals surface area contributed by atoms with Gasteiger partial charge in [0.15, 0.2) is 14.6 Å². The summed E-state index contributed by atoms with van der Waals surface area (Å²) in [5.74, 6) is 0. The summed E-state index contributed by atoms with van der Waals surface area (Å²) in [6, 6.07) is 6.32. The molecule has 23 heavy (non-hydrogen) atoms. The molecular weight excluding hydrogens is 332 g/mol. The molecule has 0 saturated heterocycles. The topological polar surface area (TPSA) is 83.2 Å². The number of hydrogen-bond donors (Lipinski definition) is 2. The first kappa shape index (κ1) is 16.4. The SMILES string of the molecule is CS(=O)(=O)c1ccc(C(O)Cn2c3c(sc2=N)CCCC3)cc1. The molecule has 2 N–H and O–H groups in total. The van der Waals surface area contributed by atoms with Crippen LogP contribution in [0.5, 0.6) is 0 Å². The lowest BCUT2D eigenvalue weighted by atomic mass is 10.0. The number of aliphatic hydroxyl groups is 1. The highest BCUT2D eigenvalue weighted by Gasteiger charge is 2.19. The number of rotatable bonds is 4. The van der Waals surface area contributed by atoms with Gasteiger partial charge in [-0.15, -0.1) is 11.3 Å². The van der Waals surface area contributed by atoms with Crippen molar-refractivity contribution in [2.75, 3.05) is 6.26 Å². The number of nitrogens with one attached hydrogen (secondary N) is 1. The van der Waals surface area contributed by atoms with Crippen molar-refractivity contribution in [2.45, 2.75) is 43.2 Å². The number of hydrogen-bond acceptors (Lipinski definition) is 5. The molecule has 1 heterocycles. The molecule has 0 saturated carbocycles. The summed E-state index contributed by atoms with van der Waals surface area (Å²) in [5, 5.41) is 18.6. The zero-order chi connectivity index (χ0) is 16.6. The number of benzene rings is 1. The van der Waals surface area contributed by atoms with Crippen molar-refractivity contribution in [3.63, 3.8) is 0 Å². The molecule has 0 spiro atoms. The van der Waals surface area contributed by atoms with Crippen LogP contribution in [-0.2, 0) is 29.2 Å². The van der Waals surface area contributed by atoms with Crippen molar-refractivity contribution < 1.29 is 13.5 Å². The second-order valence-corrected chi connectivity index (χ2v) is 9.05. The summed E-state index contributed by atoms with van der Waals surface area (Å²) in [7, 11) is -3.23. The van der Waals surface area contributed by atoms with E-state index in [4.69, 9.17) is 5.41 Å². The molecule has 7 heteroatoms. The Morgan fingerprint density at radius 1 is 1.26 bits per heavy atom. The molecule has 1 aromatic heterocycles. The van der Waals surface area contributed by atoms with Crippen molar-refractivity contribution in [1.29, 1.82) is 5.41 Å². The summed E-state index contributed by atoms with van der Waals surface area (Å²) in [4.78, 5) is 1.99. The Bertz CT molecular complexity index is 864. The van der Waals surface area contributed by atoms with Crippen LogP contribution < -0.4 is 4.80 Å². The highest BCUT2D eigenvalue weighted by molar-refractivity contribution is 7.90. The molecule has 2 aromatic rings. The summed E-state index contributed by atoms with van der Waals surface area (Å²) in [6.07, 6.45) is 4.70. The third-order valence-electron chi connectivity index (χ3n) is 4.23. The van der Waals surface area contributed by atoms with E-state index < -0.39 is 15.9 Å². The van der Waals surface area contributed by atoms with Crippen LogP contribution in [0.2, 0.25) is 0 Å². The Hall–Kier alpha value is -1.44. The quantitative estimate of drug-likeness (QED) is 0.883. The monoisotopic (exact) mass is 352 g/mol. The number of nitrogens with zero attached hydrogens (tertiary/aromatic N) is 1. The Balaban J connectivity index is 1.84. The van der Waals surface area contributed by atoms with E-state index in [1.165, 1.54) is 40.5 Å². The third kappa shape index (κ3) is 3.41. The predicted octanol–water partition coefficient (Wildman–Crippen LogP) is 2.04. The number of fused-ring (bicyclic) bond motifs is 1. The van der Waals surface area contributed by atoms with Gasteiger partial charge in [0.25, 0.3) is 0 Å². The van der Waals surface area contributed by atoms with Crippen molar-refractivity contribution >= 4 is 21.2 Å². The lowest BCUT2D eigenvalue weighted by Gasteiger charge is -2.17. The van der Waals surface area contributed by atoms with Gasteiger partial charge in [0.2, 0.25) is 0 Å². The lowest BCUT2D eigenvalue weighted by Crippen LogP contribution is -2.21. The fourth-order valence-electron chi connectivity index (χ4n) is 2.96. The van der Waals surface area contributed by atoms with Crippen LogP contribution in [0.4, 0.5) is 0 Å². The zero-order valence-corrected chi connectivity index (χ0v) is 14.6. The average Bonchev–Trinajstić information content (AvgIpc) is 2.82. The largest absolute Gasteiger partial charge is 0.387 e. The molecule has 0 fully saturated rings. The molecule has 0 amide bonds. The summed E-state index contributed by atoms with van der Waals surface area (Å²) in [6.45, 7) is 0.336. The molecular formula is C16H20N2O3S2. The highest BCUT2D eigenvalue weighted by Crippen LogP contribution is 2.25. The summed E-state index contributed by atoms with van der Waals surface area (Å²) in [5.41, 5.74) is 1.85. The molecule has 1 atom stereocenters.